The van der Waals surface area contributed by atoms with Gasteiger partial charge in [-0.1, -0.05) is 38.1 Å². The number of rotatable bonds is 26. The van der Waals surface area contributed by atoms with Crippen molar-refractivity contribution < 1.29 is 62.1 Å². The maximum Gasteiger partial charge on any atom is 0.295 e. The van der Waals surface area contributed by atoms with Gasteiger partial charge in [0.25, 0.3) is 40.5 Å². The SMILES string of the molecule is CCN(CC(C)CO)c1nc(NCCS(=O)(=O)O)nc(Nc2ccc(C=Cc3ccc(Nc4nc(NCCS(=O)(=O)O)nc(N(CC)CC(C)CO)n4)cc3S(=O)(=O)O)c(S(=O)(=O)O)c2)n1. The minimum absolute atomic E-state index is 0.0323. The molecular formula is C36H52N12O14S4. The van der Waals surface area contributed by atoms with E-state index in [0.29, 0.717) is 26.2 Å². The first-order valence-corrected chi connectivity index (χ1v) is 26.0. The zero-order chi connectivity index (χ0) is 49.0. The third kappa shape index (κ3) is 16.8. The largest absolute Gasteiger partial charge is 0.396 e. The topological polar surface area (TPSA) is 390 Å². The lowest BCUT2D eigenvalue weighted by molar-refractivity contribution is 0.239. The molecule has 2 aromatic heterocycles. The van der Waals surface area contributed by atoms with Gasteiger partial charge in [-0.15, -0.1) is 0 Å². The van der Waals surface area contributed by atoms with E-state index in [-0.39, 0.29) is 96.3 Å². The number of benzene rings is 2. The molecule has 0 saturated heterocycles. The van der Waals surface area contributed by atoms with Crippen LogP contribution in [0.4, 0.5) is 47.1 Å². The van der Waals surface area contributed by atoms with E-state index < -0.39 is 61.8 Å². The van der Waals surface area contributed by atoms with Crippen LogP contribution in [0.2, 0.25) is 0 Å². The highest BCUT2D eigenvalue weighted by Gasteiger charge is 2.21. The number of hydrogen-bond acceptors (Lipinski definition) is 22. The average Bonchev–Trinajstić information content (AvgIpc) is 3.22. The van der Waals surface area contributed by atoms with Crippen molar-refractivity contribution in [3.8, 4) is 0 Å². The smallest absolute Gasteiger partial charge is 0.295 e. The Hall–Kier alpha value is -5.44. The number of aromatic nitrogens is 6. The van der Waals surface area contributed by atoms with E-state index in [0.717, 1.165) is 12.1 Å². The van der Waals surface area contributed by atoms with Gasteiger partial charge in [-0.3, -0.25) is 18.2 Å². The van der Waals surface area contributed by atoms with Gasteiger partial charge < -0.3 is 41.3 Å². The molecule has 10 N–H and O–H groups in total. The van der Waals surface area contributed by atoms with E-state index in [9.17, 15) is 53.0 Å². The molecule has 0 fully saturated rings. The molecular weight excluding hydrogens is 953 g/mol. The number of aliphatic hydroxyl groups excluding tert-OH is 2. The molecule has 0 spiro atoms. The van der Waals surface area contributed by atoms with E-state index in [1.807, 2.05) is 0 Å². The van der Waals surface area contributed by atoms with Crippen LogP contribution in [0.15, 0.2) is 46.2 Å². The predicted molar refractivity (Wildman–Crippen MR) is 246 cm³/mol. The molecule has 364 valence electrons. The Bertz CT molecular complexity index is 2620. The van der Waals surface area contributed by atoms with Gasteiger partial charge in [0.15, 0.2) is 0 Å². The lowest BCUT2D eigenvalue weighted by Crippen LogP contribution is -2.31. The number of nitrogens with one attached hydrogen (secondary N) is 4. The molecule has 2 heterocycles. The van der Waals surface area contributed by atoms with E-state index in [2.05, 4.69) is 51.2 Å². The molecule has 0 amide bonds. The highest BCUT2D eigenvalue weighted by molar-refractivity contribution is 7.86. The summed E-state index contributed by atoms with van der Waals surface area (Å²) in [7, 11) is -18.6. The normalized spacial score (nSPS) is 13.3. The maximum atomic E-state index is 12.7. The van der Waals surface area contributed by atoms with Crippen molar-refractivity contribution in [2.75, 3.05) is 95.1 Å². The Labute approximate surface area is 382 Å². The molecule has 2 unspecified atom stereocenters. The first-order chi connectivity index (χ1) is 30.8. The van der Waals surface area contributed by atoms with Crippen LogP contribution in [-0.2, 0) is 40.5 Å². The van der Waals surface area contributed by atoms with Crippen molar-refractivity contribution in [1.82, 2.24) is 29.9 Å². The Morgan fingerprint density at radius 1 is 0.561 bits per heavy atom. The molecule has 0 aliphatic heterocycles. The number of aliphatic hydroxyl groups is 2. The molecule has 4 aromatic rings. The van der Waals surface area contributed by atoms with Crippen molar-refractivity contribution in [2.45, 2.75) is 37.5 Å². The van der Waals surface area contributed by atoms with Gasteiger partial charge in [0.1, 0.15) is 9.79 Å². The summed E-state index contributed by atoms with van der Waals surface area (Å²) in [6.07, 6.45) is 2.33. The van der Waals surface area contributed by atoms with Crippen LogP contribution in [0, 0.1) is 11.8 Å². The summed E-state index contributed by atoms with van der Waals surface area (Å²) in [5, 5.41) is 30.2. The molecule has 0 saturated carbocycles. The molecule has 26 nitrogen and oxygen atoms in total. The van der Waals surface area contributed by atoms with E-state index in [1.54, 1.807) is 37.5 Å². The zero-order valence-electron chi connectivity index (χ0n) is 36.0. The molecule has 2 aromatic carbocycles. The van der Waals surface area contributed by atoms with E-state index in [1.165, 1.54) is 36.4 Å². The zero-order valence-corrected chi connectivity index (χ0v) is 39.3. The van der Waals surface area contributed by atoms with Gasteiger partial charge in [-0.2, -0.15) is 63.6 Å². The molecule has 0 aliphatic rings. The lowest BCUT2D eigenvalue weighted by atomic mass is 10.1. The number of anilines is 8. The number of hydrogen-bond donors (Lipinski definition) is 10. The molecule has 0 radical (unpaired) electrons. The number of nitrogens with zero attached hydrogens (tertiary/aromatic N) is 8. The Morgan fingerprint density at radius 3 is 1.21 bits per heavy atom. The summed E-state index contributed by atoms with van der Waals surface area (Å²) < 4.78 is 135. The van der Waals surface area contributed by atoms with Crippen LogP contribution in [0.5, 0.6) is 0 Å². The molecule has 0 aliphatic carbocycles. The summed E-state index contributed by atoms with van der Waals surface area (Å²) in [5.41, 5.74) is -0.198. The van der Waals surface area contributed by atoms with Crippen LogP contribution >= 0.6 is 0 Å². The summed E-state index contributed by atoms with van der Waals surface area (Å²) in [4.78, 5) is 27.9. The fourth-order valence-corrected chi connectivity index (χ4v) is 7.96. The summed E-state index contributed by atoms with van der Waals surface area (Å²) in [6, 6.07) is 7.35. The summed E-state index contributed by atoms with van der Waals surface area (Å²) in [5.74, 6) is -2.12. The quantitative estimate of drug-likeness (QED) is 0.0316. The Morgan fingerprint density at radius 2 is 0.909 bits per heavy atom. The second-order valence-corrected chi connectivity index (χ2v) is 20.6. The molecule has 66 heavy (non-hydrogen) atoms. The van der Waals surface area contributed by atoms with Gasteiger partial charge in [0, 0.05) is 63.9 Å². The lowest BCUT2D eigenvalue weighted by Gasteiger charge is -2.24. The minimum Gasteiger partial charge on any atom is -0.396 e. The minimum atomic E-state index is -4.97. The third-order valence-electron chi connectivity index (χ3n) is 9.09. The van der Waals surface area contributed by atoms with Crippen molar-refractivity contribution in [2.24, 2.45) is 11.8 Å². The van der Waals surface area contributed by atoms with Gasteiger partial charge in [-0.05, 0) is 61.1 Å². The van der Waals surface area contributed by atoms with Crippen molar-refractivity contribution in [1.29, 1.82) is 0 Å². The first-order valence-electron chi connectivity index (χ1n) is 19.9. The molecule has 2 atom stereocenters. The average molecular weight is 1010 g/mol. The van der Waals surface area contributed by atoms with Crippen molar-refractivity contribution >= 4 is 99.7 Å². The highest BCUT2D eigenvalue weighted by Crippen LogP contribution is 2.29. The van der Waals surface area contributed by atoms with Crippen LogP contribution in [-0.4, -0.2) is 156 Å². The maximum absolute atomic E-state index is 12.7. The van der Waals surface area contributed by atoms with E-state index >= 15 is 0 Å². The second kappa shape index (κ2) is 22.8. The van der Waals surface area contributed by atoms with Crippen LogP contribution in [0.25, 0.3) is 12.2 Å². The Balaban J connectivity index is 1.70. The van der Waals surface area contributed by atoms with Crippen LogP contribution in [0.1, 0.15) is 38.8 Å². The molecule has 0 bridgehead atoms. The standard InChI is InChI=1S/C36H52N12O14S4/c1-5-47(19-23(3)21-49)35-43-31(37-13-15-63(51,52)53)41-33(45-35)39-27-11-9-25(29(17-27)65(57,58)59)7-8-26-10-12-28(18-30(26)66(60,61)62)40-34-42-32(38-14-16-64(54,55)56)44-36(46-34)48(6-2)20-24(4)22-50/h7-12,17-18,23-24,49-50H,5-6,13-16,19-22H2,1-4H3,(H,51,52,53)(H,54,55,56)(H,57,58,59)(H,60,61,62)(H2,37,39,41,43,45)(H2,38,40,42,44,46). The van der Waals surface area contributed by atoms with Crippen LogP contribution < -0.4 is 31.1 Å². The summed E-state index contributed by atoms with van der Waals surface area (Å²) >= 11 is 0. The monoisotopic (exact) mass is 1000 g/mol. The fraction of sp³-hybridized carbons (Fsp3) is 0.444. The Kier molecular flexibility index (Phi) is 18.4. The molecule has 30 heteroatoms. The third-order valence-corrected chi connectivity index (χ3v) is 12.3. The first kappa shape index (κ1) is 53.2. The van der Waals surface area contributed by atoms with Gasteiger partial charge >= 0.3 is 0 Å². The van der Waals surface area contributed by atoms with Crippen LogP contribution in [0.3, 0.4) is 0 Å². The molecule has 4 rings (SSSR count). The van der Waals surface area contributed by atoms with Crippen molar-refractivity contribution in [3.63, 3.8) is 0 Å². The van der Waals surface area contributed by atoms with Gasteiger partial charge in [0.05, 0.1) is 11.5 Å². The summed E-state index contributed by atoms with van der Waals surface area (Å²) in [6.45, 7) is 7.65. The fourth-order valence-electron chi connectivity index (χ4n) is 5.82. The van der Waals surface area contributed by atoms with E-state index in [4.69, 9.17) is 9.11 Å². The van der Waals surface area contributed by atoms with Gasteiger partial charge in [-0.25, -0.2) is 0 Å². The second-order valence-electron chi connectivity index (χ2n) is 14.7. The van der Waals surface area contributed by atoms with Gasteiger partial charge in [0.2, 0.25) is 35.7 Å². The highest BCUT2D eigenvalue weighted by atomic mass is 32.2. The van der Waals surface area contributed by atoms with Crippen molar-refractivity contribution in [3.05, 3.63) is 47.5 Å². The predicted octanol–water partition coefficient (Wildman–Crippen LogP) is 1.72.